The standard InChI is InChI=1S/C15H16FN3O2/c1-10-6-11(16)8-12(7-10)19-15(2,14(20)21-3)13-9-17-4-5-18-13/h4-9,19H,1-3H3. The highest BCUT2D eigenvalue weighted by atomic mass is 19.1. The monoisotopic (exact) mass is 289 g/mol. The Morgan fingerprint density at radius 2 is 2.10 bits per heavy atom. The summed E-state index contributed by atoms with van der Waals surface area (Å²) in [5.41, 5.74) is 0.331. The van der Waals surface area contributed by atoms with Gasteiger partial charge in [0.15, 0.2) is 5.54 Å². The van der Waals surface area contributed by atoms with Crippen molar-refractivity contribution in [2.75, 3.05) is 12.4 Å². The van der Waals surface area contributed by atoms with Gasteiger partial charge in [-0.1, -0.05) is 0 Å². The molecule has 21 heavy (non-hydrogen) atoms. The van der Waals surface area contributed by atoms with E-state index in [1.165, 1.54) is 37.8 Å². The summed E-state index contributed by atoms with van der Waals surface area (Å²) in [4.78, 5) is 20.3. The second-order valence-electron chi connectivity index (χ2n) is 4.85. The van der Waals surface area contributed by atoms with Gasteiger partial charge in [0.25, 0.3) is 0 Å². The van der Waals surface area contributed by atoms with E-state index in [0.717, 1.165) is 5.56 Å². The quantitative estimate of drug-likeness (QED) is 0.876. The van der Waals surface area contributed by atoms with Crippen molar-refractivity contribution < 1.29 is 13.9 Å². The molecule has 0 aliphatic rings. The highest BCUT2D eigenvalue weighted by molar-refractivity contribution is 5.85. The zero-order chi connectivity index (χ0) is 15.5. The van der Waals surface area contributed by atoms with Crippen LogP contribution in [0.3, 0.4) is 0 Å². The van der Waals surface area contributed by atoms with Crippen molar-refractivity contribution in [1.82, 2.24) is 9.97 Å². The van der Waals surface area contributed by atoms with Crippen LogP contribution in [-0.2, 0) is 15.1 Å². The number of carbonyl (C=O) groups excluding carboxylic acids is 1. The Labute approximate surface area is 122 Å². The number of aryl methyl sites for hydroxylation is 1. The Kier molecular flexibility index (Phi) is 4.16. The molecule has 2 aromatic rings. The lowest BCUT2D eigenvalue weighted by Crippen LogP contribution is -2.42. The van der Waals surface area contributed by atoms with Crippen molar-refractivity contribution >= 4 is 11.7 Å². The maximum atomic E-state index is 13.5. The van der Waals surface area contributed by atoms with Gasteiger partial charge in [-0.05, 0) is 37.6 Å². The molecule has 5 nitrogen and oxygen atoms in total. The molecule has 0 bridgehead atoms. The molecular weight excluding hydrogens is 273 g/mol. The summed E-state index contributed by atoms with van der Waals surface area (Å²) < 4.78 is 18.3. The Balaban J connectivity index is 2.44. The number of anilines is 1. The number of hydrogen-bond acceptors (Lipinski definition) is 5. The zero-order valence-electron chi connectivity index (χ0n) is 12.1. The second-order valence-corrected chi connectivity index (χ2v) is 4.85. The number of esters is 1. The molecule has 6 heteroatoms. The van der Waals surface area contributed by atoms with Gasteiger partial charge in [-0.3, -0.25) is 9.97 Å². The van der Waals surface area contributed by atoms with E-state index in [-0.39, 0.29) is 5.82 Å². The first-order valence-electron chi connectivity index (χ1n) is 6.36. The number of aromatic nitrogens is 2. The molecule has 1 aromatic carbocycles. The smallest absolute Gasteiger partial charge is 0.337 e. The predicted molar refractivity (Wildman–Crippen MR) is 76.2 cm³/mol. The van der Waals surface area contributed by atoms with Crippen molar-refractivity contribution in [2.24, 2.45) is 0 Å². The van der Waals surface area contributed by atoms with Gasteiger partial charge in [0.05, 0.1) is 19.0 Å². The van der Waals surface area contributed by atoms with Crippen LogP contribution in [0, 0.1) is 12.7 Å². The average molecular weight is 289 g/mol. The van der Waals surface area contributed by atoms with Gasteiger partial charge in [-0.15, -0.1) is 0 Å². The number of nitrogens with one attached hydrogen (secondary N) is 1. The van der Waals surface area contributed by atoms with Gasteiger partial charge in [-0.2, -0.15) is 0 Å². The fourth-order valence-electron chi connectivity index (χ4n) is 2.08. The van der Waals surface area contributed by atoms with Crippen LogP contribution in [0.4, 0.5) is 10.1 Å². The summed E-state index contributed by atoms with van der Waals surface area (Å²) in [7, 11) is 1.29. The lowest BCUT2D eigenvalue weighted by atomic mass is 9.97. The fraction of sp³-hybridized carbons (Fsp3) is 0.267. The van der Waals surface area contributed by atoms with E-state index in [1.54, 1.807) is 19.9 Å². The first-order chi connectivity index (χ1) is 9.95. The summed E-state index contributed by atoms with van der Waals surface area (Å²) in [6.45, 7) is 3.38. The Morgan fingerprint density at radius 1 is 1.33 bits per heavy atom. The third-order valence-corrected chi connectivity index (χ3v) is 3.11. The molecule has 1 N–H and O–H groups in total. The van der Waals surface area contributed by atoms with Gasteiger partial charge in [-0.25, -0.2) is 9.18 Å². The Bertz CT molecular complexity index is 628. The van der Waals surface area contributed by atoms with Crippen LogP contribution in [0.2, 0.25) is 0 Å². The maximum absolute atomic E-state index is 13.5. The van der Waals surface area contributed by atoms with Crippen LogP contribution in [-0.4, -0.2) is 23.0 Å². The van der Waals surface area contributed by atoms with Gasteiger partial charge < -0.3 is 10.1 Å². The molecule has 0 saturated heterocycles. The van der Waals surface area contributed by atoms with E-state index in [4.69, 9.17) is 4.74 Å². The maximum Gasteiger partial charge on any atom is 0.337 e. The third-order valence-electron chi connectivity index (χ3n) is 3.11. The van der Waals surface area contributed by atoms with Crippen molar-refractivity contribution in [3.63, 3.8) is 0 Å². The molecule has 0 amide bonds. The second kappa shape index (κ2) is 5.87. The lowest BCUT2D eigenvalue weighted by Gasteiger charge is -2.28. The molecule has 0 fully saturated rings. The summed E-state index contributed by atoms with van der Waals surface area (Å²) in [5.74, 6) is -0.922. The minimum atomic E-state index is -1.26. The molecule has 110 valence electrons. The van der Waals surface area contributed by atoms with E-state index in [9.17, 15) is 9.18 Å². The molecule has 1 atom stereocenters. The molecule has 0 aliphatic carbocycles. The topological polar surface area (TPSA) is 64.1 Å². The zero-order valence-corrected chi connectivity index (χ0v) is 12.1. The number of halogens is 1. The third kappa shape index (κ3) is 3.16. The van der Waals surface area contributed by atoms with E-state index < -0.39 is 11.5 Å². The molecule has 0 radical (unpaired) electrons. The van der Waals surface area contributed by atoms with Gasteiger partial charge in [0, 0.05) is 18.1 Å². The minimum absolute atomic E-state index is 0.385. The summed E-state index contributed by atoms with van der Waals surface area (Å²) in [6, 6.07) is 4.45. The number of benzene rings is 1. The van der Waals surface area contributed by atoms with Crippen LogP contribution in [0.1, 0.15) is 18.2 Å². The minimum Gasteiger partial charge on any atom is -0.467 e. The molecule has 1 aromatic heterocycles. The van der Waals surface area contributed by atoms with Crippen molar-refractivity contribution in [1.29, 1.82) is 0 Å². The van der Waals surface area contributed by atoms with E-state index in [0.29, 0.717) is 11.4 Å². The van der Waals surface area contributed by atoms with E-state index in [2.05, 4.69) is 15.3 Å². The van der Waals surface area contributed by atoms with Crippen LogP contribution in [0.15, 0.2) is 36.8 Å². The summed E-state index contributed by atoms with van der Waals surface area (Å²) >= 11 is 0. The van der Waals surface area contributed by atoms with Crippen LogP contribution in [0.5, 0.6) is 0 Å². The highest BCUT2D eigenvalue weighted by Crippen LogP contribution is 2.26. The molecule has 0 spiro atoms. The highest BCUT2D eigenvalue weighted by Gasteiger charge is 2.38. The molecular formula is C15H16FN3O2. The number of methoxy groups -OCH3 is 1. The van der Waals surface area contributed by atoms with Gasteiger partial charge in [0.2, 0.25) is 0 Å². The van der Waals surface area contributed by atoms with Crippen LogP contribution >= 0.6 is 0 Å². The fourth-order valence-corrected chi connectivity index (χ4v) is 2.08. The molecule has 1 unspecified atom stereocenters. The SMILES string of the molecule is COC(=O)C(C)(Nc1cc(C)cc(F)c1)c1cnccn1. The van der Waals surface area contributed by atoms with E-state index >= 15 is 0 Å². The largest absolute Gasteiger partial charge is 0.467 e. The number of nitrogens with zero attached hydrogens (tertiary/aromatic N) is 2. The van der Waals surface area contributed by atoms with Crippen molar-refractivity contribution in [2.45, 2.75) is 19.4 Å². The first-order valence-corrected chi connectivity index (χ1v) is 6.36. The molecule has 1 heterocycles. The summed E-state index contributed by atoms with van der Waals surface area (Å²) in [6.07, 6.45) is 4.46. The lowest BCUT2D eigenvalue weighted by molar-refractivity contribution is -0.145. The number of rotatable bonds is 4. The molecule has 2 rings (SSSR count). The van der Waals surface area contributed by atoms with Crippen molar-refractivity contribution in [3.8, 4) is 0 Å². The van der Waals surface area contributed by atoms with Crippen LogP contribution < -0.4 is 5.32 Å². The Morgan fingerprint density at radius 3 is 2.67 bits per heavy atom. The van der Waals surface area contributed by atoms with Gasteiger partial charge >= 0.3 is 5.97 Å². The number of hydrogen-bond donors (Lipinski definition) is 1. The molecule has 0 aliphatic heterocycles. The van der Waals surface area contributed by atoms with E-state index in [1.807, 2.05) is 0 Å². The normalized spacial score (nSPS) is 13.3. The Hall–Kier alpha value is -2.50. The van der Waals surface area contributed by atoms with Crippen molar-refractivity contribution in [3.05, 3.63) is 53.9 Å². The first kappa shape index (κ1) is 14.9. The van der Waals surface area contributed by atoms with Crippen LogP contribution in [0.25, 0.3) is 0 Å². The molecule has 0 saturated carbocycles. The average Bonchev–Trinajstić information content (AvgIpc) is 2.46. The predicted octanol–water partition coefficient (Wildman–Crippen LogP) is 2.42. The van der Waals surface area contributed by atoms with Gasteiger partial charge in [0.1, 0.15) is 5.82 Å². The number of carbonyl (C=O) groups is 1. The number of ether oxygens (including phenoxy) is 1. The summed E-state index contributed by atoms with van der Waals surface area (Å²) in [5, 5.41) is 2.99.